The van der Waals surface area contributed by atoms with Crippen molar-refractivity contribution in [3.05, 3.63) is 86.2 Å². The molecule has 0 unspecified atom stereocenters. The molecule has 3 rings (SSSR count). The van der Waals surface area contributed by atoms with Gasteiger partial charge in [0, 0.05) is 22.2 Å². The molecule has 0 saturated carbocycles. The maximum Gasteiger partial charge on any atom is 0.274 e. The Morgan fingerprint density at radius 3 is 2.38 bits per heavy atom. The van der Waals surface area contributed by atoms with E-state index in [0.29, 0.717) is 6.42 Å². The molecule has 0 saturated heterocycles. The van der Waals surface area contributed by atoms with Crippen molar-refractivity contribution in [2.24, 2.45) is 0 Å². The summed E-state index contributed by atoms with van der Waals surface area (Å²) in [5.41, 5.74) is 3.71. The highest BCUT2D eigenvalue weighted by Gasteiger charge is 2.12. The van der Waals surface area contributed by atoms with Gasteiger partial charge in [-0.1, -0.05) is 46.3 Å². The number of benzene rings is 2. The minimum Gasteiger partial charge on any atom is -0.295 e. The Hall–Kier alpha value is -2.07. The summed E-state index contributed by atoms with van der Waals surface area (Å²) in [6, 6.07) is 17.7. The average molecular weight is 343 g/mol. The first-order chi connectivity index (χ1) is 10.1. The smallest absolute Gasteiger partial charge is 0.274 e. The molecular weight excluding hydrogens is 328 g/mol. The number of aromatic amines is 1. The number of halogens is 1. The summed E-state index contributed by atoms with van der Waals surface area (Å²) in [6.45, 7) is 1.94. The van der Waals surface area contributed by atoms with Crippen LogP contribution in [0.5, 0.6) is 0 Å². The molecule has 1 aromatic heterocycles. The highest BCUT2D eigenvalue weighted by atomic mass is 79.9. The van der Waals surface area contributed by atoms with Gasteiger partial charge in [-0.3, -0.25) is 9.89 Å². The molecule has 0 radical (unpaired) electrons. The van der Waals surface area contributed by atoms with Gasteiger partial charge in [0.15, 0.2) is 0 Å². The standard InChI is InChI=1S/C17H15BrN2O/c1-12-16(11-13-5-3-2-4-6-13)17(21)20(19-12)15-9-7-14(18)8-10-15/h2-10,19H,11H2,1H3. The lowest BCUT2D eigenvalue weighted by molar-refractivity contribution is 0.834. The van der Waals surface area contributed by atoms with Crippen LogP contribution in [0, 0.1) is 6.92 Å². The number of hydrogen-bond acceptors (Lipinski definition) is 1. The van der Waals surface area contributed by atoms with Crippen molar-refractivity contribution in [2.75, 3.05) is 0 Å². The van der Waals surface area contributed by atoms with E-state index in [9.17, 15) is 4.79 Å². The Morgan fingerprint density at radius 2 is 1.71 bits per heavy atom. The third-order valence-corrected chi connectivity index (χ3v) is 4.03. The van der Waals surface area contributed by atoms with E-state index in [-0.39, 0.29) is 5.56 Å². The molecule has 1 N–H and O–H groups in total. The van der Waals surface area contributed by atoms with Crippen LogP contribution < -0.4 is 5.56 Å². The first-order valence-electron chi connectivity index (χ1n) is 6.75. The van der Waals surface area contributed by atoms with Crippen molar-refractivity contribution in [3.63, 3.8) is 0 Å². The Bertz CT molecular complexity index is 801. The van der Waals surface area contributed by atoms with Gasteiger partial charge in [0.25, 0.3) is 5.56 Å². The van der Waals surface area contributed by atoms with Crippen molar-refractivity contribution in [1.29, 1.82) is 0 Å². The molecular formula is C17H15BrN2O. The normalized spacial score (nSPS) is 10.8. The molecule has 0 aliphatic rings. The Kier molecular flexibility index (Phi) is 3.80. The Labute approximate surface area is 131 Å². The number of hydrogen-bond donors (Lipinski definition) is 1. The second kappa shape index (κ2) is 5.74. The number of aryl methyl sites for hydroxylation is 1. The summed E-state index contributed by atoms with van der Waals surface area (Å²) in [7, 11) is 0. The van der Waals surface area contributed by atoms with E-state index in [4.69, 9.17) is 0 Å². The molecule has 0 atom stereocenters. The van der Waals surface area contributed by atoms with Crippen LogP contribution in [0.4, 0.5) is 0 Å². The molecule has 0 fully saturated rings. The lowest BCUT2D eigenvalue weighted by atomic mass is 10.1. The minimum atomic E-state index is 0.0127. The minimum absolute atomic E-state index is 0.0127. The van der Waals surface area contributed by atoms with Crippen molar-refractivity contribution in [3.8, 4) is 5.69 Å². The first-order valence-corrected chi connectivity index (χ1v) is 7.55. The monoisotopic (exact) mass is 342 g/mol. The second-order valence-electron chi connectivity index (χ2n) is 4.99. The second-order valence-corrected chi connectivity index (χ2v) is 5.91. The third kappa shape index (κ3) is 2.85. The molecule has 2 aromatic carbocycles. The van der Waals surface area contributed by atoms with Crippen LogP contribution in [0.2, 0.25) is 0 Å². The maximum absolute atomic E-state index is 12.6. The summed E-state index contributed by atoms with van der Waals surface area (Å²) in [6.07, 6.45) is 0.644. The number of nitrogens with one attached hydrogen (secondary N) is 1. The lowest BCUT2D eigenvalue weighted by Crippen LogP contribution is -2.17. The van der Waals surface area contributed by atoms with Gasteiger partial charge >= 0.3 is 0 Å². The van der Waals surface area contributed by atoms with Crippen LogP contribution in [-0.2, 0) is 6.42 Å². The van der Waals surface area contributed by atoms with E-state index in [1.165, 1.54) is 0 Å². The van der Waals surface area contributed by atoms with Crippen LogP contribution in [0.15, 0.2) is 63.9 Å². The van der Waals surface area contributed by atoms with Crippen molar-refractivity contribution < 1.29 is 0 Å². The predicted molar refractivity (Wildman–Crippen MR) is 88.1 cm³/mol. The quantitative estimate of drug-likeness (QED) is 0.771. The zero-order chi connectivity index (χ0) is 14.8. The van der Waals surface area contributed by atoms with Gasteiger partial charge in [0.05, 0.1) is 5.69 Å². The zero-order valence-corrected chi connectivity index (χ0v) is 13.2. The Balaban J connectivity index is 2.01. The molecule has 1 heterocycles. The largest absolute Gasteiger partial charge is 0.295 e. The Morgan fingerprint density at radius 1 is 1.05 bits per heavy atom. The van der Waals surface area contributed by atoms with Crippen LogP contribution in [0.3, 0.4) is 0 Å². The van der Waals surface area contributed by atoms with Gasteiger partial charge in [-0.25, -0.2) is 4.68 Å². The molecule has 0 amide bonds. The van der Waals surface area contributed by atoms with Gasteiger partial charge in [-0.05, 0) is 36.8 Å². The highest BCUT2D eigenvalue weighted by molar-refractivity contribution is 9.10. The summed E-state index contributed by atoms with van der Waals surface area (Å²) < 4.78 is 2.59. The van der Waals surface area contributed by atoms with E-state index in [1.807, 2.05) is 61.5 Å². The molecule has 0 spiro atoms. The van der Waals surface area contributed by atoms with E-state index in [0.717, 1.165) is 27.0 Å². The van der Waals surface area contributed by atoms with Gasteiger partial charge in [0.2, 0.25) is 0 Å². The van der Waals surface area contributed by atoms with Gasteiger partial charge in [0.1, 0.15) is 0 Å². The number of aromatic nitrogens is 2. The SMILES string of the molecule is Cc1[nH]n(-c2ccc(Br)cc2)c(=O)c1Cc1ccccc1. The molecule has 3 aromatic rings. The highest BCUT2D eigenvalue weighted by Crippen LogP contribution is 2.14. The molecule has 3 nitrogen and oxygen atoms in total. The third-order valence-electron chi connectivity index (χ3n) is 3.50. The van der Waals surface area contributed by atoms with Gasteiger partial charge in [-0.15, -0.1) is 0 Å². The lowest BCUT2D eigenvalue weighted by Gasteiger charge is -2.01. The molecule has 0 bridgehead atoms. The van der Waals surface area contributed by atoms with Crippen LogP contribution in [-0.4, -0.2) is 9.78 Å². The first kappa shape index (κ1) is 13.9. The number of rotatable bonds is 3. The van der Waals surface area contributed by atoms with E-state index in [1.54, 1.807) is 4.68 Å². The van der Waals surface area contributed by atoms with Crippen molar-refractivity contribution in [1.82, 2.24) is 9.78 Å². The number of H-pyrrole nitrogens is 1. The van der Waals surface area contributed by atoms with E-state index >= 15 is 0 Å². The van der Waals surface area contributed by atoms with Gasteiger partial charge in [-0.2, -0.15) is 0 Å². The fourth-order valence-electron chi connectivity index (χ4n) is 2.36. The van der Waals surface area contributed by atoms with Crippen molar-refractivity contribution in [2.45, 2.75) is 13.3 Å². The van der Waals surface area contributed by atoms with Crippen molar-refractivity contribution >= 4 is 15.9 Å². The maximum atomic E-state index is 12.6. The molecule has 106 valence electrons. The fourth-order valence-corrected chi connectivity index (χ4v) is 2.63. The van der Waals surface area contributed by atoms with E-state index < -0.39 is 0 Å². The summed E-state index contributed by atoms with van der Waals surface area (Å²) in [4.78, 5) is 12.6. The van der Waals surface area contributed by atoms with Crippen LogP contribution in [0.1, 0.15) is 16.8 Å². The topological polar surface area (TPSA) is 37.8 Å². The zero-order valence-electron chi connectivity index (χ0n) is 11.6. The molecule has 21 heavy (non-hydrogen) atoms. The summed E-state index contributed by atoms with van der Waals surface area (Å²) in [5, 5.41) is 3.16. The molecule has 0 aliphatic carbocycles. The van der Waals surface area contributed by atoms with Crippen LogP contribution >= 0.6 is 15.9 Å². The summed E-state index contributed by atoms with van der Waals surface area (Å²) in [5.74, 6) is 0. The predicted octanol–water partition coefficient (Wildman–Crippen LogP) is 3.83. The van der Waals surface area contributed by atoms with E-state index in [2.05, 4.69) is 21.0 Å². The summed E-state index contributed by atoms with van der Waals surface area (Å²) >= 11 is 3.40. The number of nitrogens with zero attached hydrogens (tertiary/aromatic N) is 1. The van der Waals surface area contributed by atoms with Gasteiger partial charge < -0.3 is 0 Å². The van der Waals surface area contributed by atoms with Crippen LogP contribution in [0.25, 0.3) is 5.69 Å². The average Bonchev–Trinajstić information content (AvgIpc) is 2.77. The molecule has 4 heteroatoms. The fraction of sp³-hybridized carbons (Fsp3) is 0.118. The molecule has 0 aliphatic heterocycles.